The number of hydrogen-bond acceptors (Lipinski definition) is 3. The van der Waals surface area contributed by atoms with E-state index in [1.807, 2.05) is 6.07 Å². The minimum absolute atomic E-state index is 0.0226. The number of rotatable bonds is 5. The Hall–Kier alpha value is -1.07. The van der Waals surface area contributed by atoms with Gasteiger partial charge >= 0.3 is 6.03 Å². The first kappa shape index (κ1) is 15.3. The SMILES string of the molecule is CC(C)(CNC(=O)NC1(CO)CCCC1)c1cccs1. The molecule has 2 rings (SSSR count). The normalized spacial score (nSPS) is 17.9. The summed E-state index contributed by atoms with van der Waals surface area (Å²) in [6.07, 6.45) is 3.87. The molecule has 0 atom stereocenters. The molecule has 20 heavy (non-hydrogen) atoms. The summed E-state index contributed by atoms with van der Waals surface area (Å²) in [5.41, 5.74) is -0.481. The van der Waals surface area contributed by atoms with Crippen LogP contribution in [0.15, 0.2) is 17.5 Å². The Kier molecular flexibility index (Phi) is 4.70. The fraction of sp³-hybridized carbons (Fsp3) is 0.667. The summed E-state index contributed by atoms with van der Waals surface area (Å²) in [6.45, 7) is 4.85. The van der Waals surface area contributed by atoms with Gasteiger partial charge in [0.1, 0.15) is 0 Å². The smallest absolute Gasteiger partial charge is 0.315 e. The van der Waals surface area contributed by atoms with Gasteiger partial charge in [0.25, 0.3) is 0 Å². The Labute approximate surface area is 124 Å². The number of aliphatic hydroxyl groups excluding tert-OH is 1. The fourth-order valence-corrected chi connectivity index (χ4v) is 3.56. The van der Waals surface area contributed by atoms with E-state index in [-0.39, 0.29) is 18.1 Å². The first-order chi connectivity index (χ1) is 9.47. The molecule has 5 heteroatoms. The van der Waals surface area contributed by atoms with Crippen molar-refractivity contribution < 1.29 is 9.90 Å². The zero-order valence-corrected chi connectivity index (χ0v) is 13.1. The maximum atomic E-state index is 12.0. The van der Waals surface area contributed by atoms with Gasteiger partial charge < -0.3 is 15.7 Å². The van der Waals surface area contributed by atoms with Gasteiger partial charge in [-0.2, -0.15) is 0 Å². The first-order valence-electron chi connectivity index (χ1n) is 7.18. The first-order valence-corrected chi connectivity index (χ1v) is 8.06. The predicted molar refractivity (Wildman–Crippen MR) is 82.2 cm³/mol. The Morgan fingerprint density at radius 1 is 1.45 bits per heavy atom. The van der Waals surface area contributed by atoms with Gasteiger partial charge in [-0.1, -0.05) is 32.8 Å². The topological polar surface area (TPSA) is 61.4 Å². The van der Waals surface area contributed by atoms with Crippen LogP contribution in [0.3, 0.4) is 0 Å². The summed E-state index contributed by atoms with van der Waals surface area (Å²) < 4.78 is 0. The molecule has 1 aliphatic carbocycles. The Morgan fingerprint density at radius 2 is 2.15 bits per heavy atom. The van der Waals surface area contributed by atoms with Crippen molar-refractivity contribution in [1.29, 1.82) is 0 Å². The number of amides is 2. The lowest BCUT2D eigenvalue weighted by molar-refractivity contribution is 0.162. The van der Waals surface area contributed by atoms with Crippen molar-refractivity contribution in [3.05, 3.63) is 22.4 Å². The van der Waals surface area contributed by atoms with Crippen LogP contribution in [-0.4, -0.2) is 29.8 Å². The average molecular weight is 296 g/mol. The van der Waals surface area contributed by atoms with E-state index in [0.717, 1.165) is 25.7 Å². The number of aliphatic hydroxyl groups is 1. The number of hydrogen-bond donors (Lipinski definition) is 3. The minimum Gasteiger partial charge on any atom is -0.394 e. The molecule has 1 aliphatic rings. The number of carbonyl (C=O) groups excluding carboxylic acids is 1. The van der Waals surface area contributed by atoms with E-state index in [0.29, 0.717) is 6.54 Å². The van der Waals surface area contributed by atoms with Gasteiger partial charge in [-0.25, -0.2) is 4.79 Å². The van der Waals surface area contributed by atoms with Crippen LogP contribution in [0.1, 0.15) is 44.4 Å². The van der Waals surface area contributed by atoms with Gasteiger partial charge in [-0.05, 0) is 24.3 Å². The number of urea groups is 1. The van der Waals surface area contributed by atoms with E-state index in [2.05, 4.69) is 35.9 Å². The zero-order chi connectivity index (χ0) is 14.6. The molecule has 0 aliphatic heterocycles. The van der Waals surface area contributed by atoms with E-state index in [1.54, 1.807) is 11.3 Å². The lowest BCUT2D eigenvalue weighted by Gasteiger charge is -2.30. The molecule has 0 bridgehead atoms. The highest BCUT2D eigenvalue weighted by Gasteiger charge is 2.35. The highest BCUT2D eigenvalue weighted by Crippen LogP contribution is 2.29. The molecule has 4 nitrogen and oxygen atoms in total. The second kappa shape index (κ2) is 6.14. The molecule has 1 fully saturated rings. The summed E-state index contributed by atoms with van der Waals surface area (Å²) in [5.74, 6) is 0. The molecule has 1 aromatic heterocycles. The molecule has 112 valence electrons. The van der Waals surface area contributed by atoms with E-state index < -0.39 is 5.54 Å². The Balaban J connectivity index is 1.86. The second-order valence-electron chi connectivity index (χ2n) is 6.31. The van der Waals surface area contributed by atoms with Crippen molar-refractivity contribution in [1.82, 2.24) is 10.6 Å². The third-order valence-electron chi connectivity index (χ3n) is 4.12. The van der Waals surface area contributed by atoms with Crippen LogP contribution in [0.2, 0.25) is 0 Å². The molecule has 0 unspecified atom stereocenters. The molecule has 1 aromatic rings. The van der Waals surface area contributed by atoms with Crippen LogP contribution in [0, 0.1) is 0 Å². The molecule has 0 radical (unpaired) electrons. The largest absolute Gasteiger partial charge is 0.394 e. The van der Waals surface area contributed by atoms with Gasteiger partial charge in [0.15, 0.2) is 0 Å². The zero-order valence-electron chi connectivity index (χ0n) is 12.2. The Morgan fingerprint density at radius 3 is 2.70 bits per heavy atom. The van der Waals surface area contributed by atoms with E-state index in [4.69, 9.17) is 0 Å². The molecule has 1 heterocycles. The Bertz CT molecular complexity index is 437. The maximum Gasteiger partial charge on any atom is 0.315 e. The summed E-state index contributed by atoms with van der Waals surface area (Å²) in [5, 5.41) is 17.5. The molecular weight excluding hydrogens is 272 g/mol. The second-order valence-corrected chi connectivity index (χ2v) is 7.26. The van der Waals surface area contributed by atoms with E-state index in [1.165, 1.54) is 4.88 Å². The van der Waals surface area contributed by atoms with Crippen LogP contribution in [0.25, 0.3) is 0 Å². The monoisotopic (exact) mass is 296 g/mol. The lowest BCUT2D eigenvalue weighted by atomic mass is 9.91. The highest BCUT2D eigenvalue weighted by molar-refractivity contribution is 7.10. The van der Waals surface area contributed by atoms with Crippen LogP contribution < -0.4 is 10.6 Å². The van der Waals surface area contributed by atoms with Crippen LogP contribution in [0.5, 0.6) is 0 Å². The molecule has 0 spiro atoms. The fourth-order valence-electron chi connectivity index (χ4n) is 2.71. The van der Waals surface area contributed by atoms with Crippen molar-refractivity contribution in [2.75, 3.05) is 13.2 Å². The number of carbonyl (C=O) groups is 1. The van der Waals surface area contributed by atoms with Gasteiger partial charge in [0.2, 0.25) is 0 Å². The van der Waals surface area contributed by atoms with Crippen molar-refractivity contribution in [2.45, 2.75) is 50.5 Å². The van der Waals surface area contributed by atoms with Gasteiger partial charge in [-0.15, -0.1) is 11.3 Å². The minimum atomic E-state index is -0.406. The van der Waals surface area contributed by atoms with Gasteiger partial charge in [-0.3, -0.25) is 0 Å². The van der Waals surface area contributed by atoms with Crippen LogP contribution in [-0.2, 0) is 5.41 Å². The molecule has 0 saturated heterocycles. The van der Waals surface area contributed by atoms with Crippen molar-refractivity contribution in [3.63, 3.8) is 0 Å². The van der Waals surface area contributed by atoms with Crippen LogP contribution in [0.4, 0.5) is 4.79 Å². The van der Waals surface area contributed by atoms with Crippen LogP contribution >= 0.6 is 11.3 Å². The standard InChI is InChI=1S/C15H24N2O2S/c1-14(2,12-6-5-9-20-12)10-16-13(19)17-15(11-18)7-3-4-8-15/h5-6,9,18H,3-4,7-8,10-11H2,1-2H3,(H2,16,17,19). The number of thiophene rings is 1. The summed E-state index contributed by atoms with van der Waals surface area (Å²) in [4.78, 5) is 13.3. The molecular formula is C15H24N2O2S. The third kappa shape index (κ3) is 3.52. The lowest BCUT2D eigenvalue weighted by Crippen LogP contribution is -2.54. The number of nitrogens with one attached hydrogen (secondary N) is 2. The van der Waals surface area contributed by atoms with Crippen molar-refractivity contribution in [3.8, 4) is 0 Å². The quantitative estimate of drug-likeness (QED) is 0.782. The van der Waals surface area contributed by atoms with Crippen molar-refractivity contribution >= 4 is 17.4 Å². The van der Waals surface area contributed by atoms with Gasteiger partial charge in [0.05, 0.1) is 12.1 Å². The molecule has 0 aromatic carbocycles. The summed E-state index contributed by atoms with van der Waals surface area (Å²) >= 11 is 1.71. The summed E-state index contributed by atoms with van der Waals surface area (Å²) in [7, 11) is 0. The average Bonchev–Trinajstić information content (AvgIpc) is 3.08. The third-order valence-corrected chi connectivity index (χ3v) is 5.36. The summed E-state index contributed by atoms with van der Waals surface area (Å²) in [6, 6.07) is 3.95. The molecule has 2 amide bonds. The van der Waals surface area contributed by atoms with Crippen molar-refractivity contribution in [2.24, 2.45) is 0 Å². The predicted octanol–water partition coefficient (Wildman–Crippen LogP) is 2.63. The van der Waals surface area contributed by atoms with E-state index >= 15 is 0 Å². The van der Waals surface area contributed by atoms with Gasteiger partial charge in [0, 0.05) is 16.8 Å². The maximum absolute atomic E-state index is 12.0. The highest BCUT2D eigenvalue weighted by atomic mass is 32.1. The molecule has 1 saturated carbocycles. The molecule has 3 N–H and O–H groups in total. The van der Waals surface area contributed by atoms with E-state index in [9.17, 15) is 9.90 Å².